The number of carbonyl (C=O) groups is 1. The Balaban J connectivity index is 2.61. The molecule has 18 heavy (non-hydrogen) atoms. The summed E-state index contributed by atoms with van der Waals surface area (Å²) in [6.45, 7) is 6.09. The molecule has 1 aliphatic heterocycles. The minimum atomic E-state index is -3.50. The zero-order valence-corrected chi connectivity index (χ0v) is 11.7. The maximum absolute atomic E-state index is 11.7. The van der Waals surface area contributed by atoms with Crippen LogP contribution in [0.1, 0.15) is 37.1 Å². The maximum atomic E-state index is 11.7. The van der Waals surface area contributed by atoms with E-state index in [2.05, 4.69) is 0 Å². The van der Waals surface area contributed by atoms with Gasteiger partial charge in [-0.1, -0.05) is 26.8 Å². The van der Waals surface area contributed by atoms with Crippen LogP contribution in [0.4, 0.5) is 0 Å². The molecule has 0 amide bonds. The highest BCUT2D eigenvalue weighted by Gasteiger charge is 2.41. The summed E-state index contributed by atoms with van der Waals surface area (Å²) in [5.41, 5.74) is 1.33. The fourth-order valence-electron chi connectivity index (χ4n) is 2.01. The molecule has 1 aromatic carbocycles. The Hall–Kier alpha value is -1.36. The van der Waals surface area contributed by atoms with Crippen molar-refractivity contribution in [2.45, 2.75) is 31.4 Å². The Bertz CT molecular complexity index is 608. The summed E-state index contributed by atoms with van der Waals surface area (Å²) in [7, 11) is -3.50. The highest BCUT2D eigenvalue weighted by Crippen LogP contribution is 2.40. The molecule has 1 aromatic rings. The van der Waals surface area contributed by atoms with Gasteiger partial charge in [0, 0.05) is 11.8 Å². The highest BCUT2D eigenvalue weighted by atomic mass is 32.2. The fraction of sp³-hybridized carbons (Fsp3) is 0.462. The molecule has 0 saturated carbocycles. The normalized spacial score (nSPS) is 19.6. The van der Waals surface area contributed by atoms with Gasteiger partial charge in [-0.2, -0.15) is 0 Å². The molecule has 0 fully saturated rings. The standard InChI is InChI=1S/C13H16O4S/c1-13(2,3)8-5-6-10-9(7-8)11(12(14)17-10)18(4,15)16/h5-7,11H,1-4H3. The highest BCUT2D eigenvalue weighted by molar-refractivity contribution is 7.91. The van der Waals surface area contributed by atoms with Gasteiger partial charge in [-0.15, -0.1) is 0 Å². The second-order valence-electron chi connectivity index (χ2n) is 5.63. The Morgan fingerprint density at radius 3 is 2.33 bits per heavy atom. The lowest BCUT2D eigenvalue weighted by molar-refractivity contribution is -0.132. The average Bonchev–Trinajstić information content (AvgIpc) is 2.49. The van der Waals surface area contributed by atoms with Crippen molar-refractivity contribution in [1.29, 1.82) is 0 Å². The van der Waals surface area contributed by atoms with Gasteiger partial charge in [0.15, 0.2) is 15.1 Å². The van der Waals surface area contributed by atoms with Gasteiger partial charge >= 0.3 is 5.97 Å². The van der Waals surface area contributed by atoms with Gasteiger partial charge in [0.2, 0.25) is 0 Å². The zero-order valence-electron chi connectivity index (χ0n) is 10.9. The number of sulfone groups is 1. The van der Waals surface area contributed by atoms with E-state index in [1.165, 1.54) is 0 Å². The number of fused-ring (bicyclic) bond motifs is 1. The van der Waals surface area contributed by atoms with E-state index < -0.39 is 21.1 Å². The molecule has 4 nitrogen and oxygen atoms in total. The van der Waals surface area contributed by atoms with Crippen molar-refractivity contribution in [3.63, 3.8) is 0 Å². The van der Waals surface area contributed by atoms with Crippen LogP contribution in [0.25, 0.3) is 0 Å². The predicted molar refractivity (Wildman–Crippen MR) is 68.4 cm³/mol. The summed E-state index contributed by atoms with van der Waals surface area (Å²) in [4.78, 5) is 11.6. The van der Waals surface area contributed by atoms with Crippen molar-refractivity contribution < 1.29 is 17.9 Å². The van der Waals surface area contributed by atoms with Crippen LogP contribution in [0.5, 0.6) is 5.75 Å². The lowest BCUT2D eigenvalue weighted by Gasteiger charge is -2.19. The van der Waals surface area contributed by atoms with Crippen LogP contribution >= 0.6 is 0 Å². The van der Waals surface area contributed by atoms with Crippen LogP contribution in [0.15, 0.2) is 18.2 Å². The van der Waals surface area contributed by atoms with E-state index in [4.69, 9.17) is 4.74 Å². The number of esters is 1. The van der Waals surface area contributed by atoms with Gasteiger partial charge in [-0.3, -0.25) is 0 Å². The number of hydrogen-bond acceptors (Lipinski definition) is 4. The fourth-order valence-corrected chi connectivity index (χ4v) is 3.05. The van der Waals surface area contributed by atoms with E-state index in [0.717, 1.165) is 11.8 Å². The van der Waals surface area contributed by atoms with E-state index in [9.17, 15) is 13.2 Å². The summed E-state index contributed by atoms with van der Waals surface area (Å²) in [6, 6.07) is 5.28. The first-order valence-electron chi connectivity index (χ1n) is 5.66. The van der Waals surface area contributed by atoms with Crippen LogP contribution in [-0.2, 0) is 20.0 Å². The van der Waals surface area contributed by atoms with Crippen molar-refractivity contribution >= 4 is 15.8 Å². The second kappa shape index (κ2) is 3.82. The molecule has 0 spiro atoms. The summed E-state index contributed by atoms with van der Waals surface area (Å²) in [5, 5.41) is -1.19. The summed E-state index contributed by atoms with van der Waals surface area (Å²) >= 11 is 0. The molecule has 0 saturated heterocycles. The van der Waals surface area contributed by atoms with Crippen molar-refractivity contribution in [3.05, 3.63) is 29.3 Å². The number of ether oxygens (including phenoxy) is 1. The van der Waals surface area contributed by atoms with Crippen molar-refractivity contribution in [2.24, 2.45) is 0 Å². The second-order valence-corrected chi connectivity index (χ2v) is 7.76. The minimum absolute atomic E-state index is 0.108. The molecule has 0 radical (unpaired) electrons. The quantitative estimate of drug-likeness (QED) is 0.577. The molecule has 0 aliphatic carbocycles. The van der Waals surface area contributed by atoms with Crippen molar-refractivity contribution in [2.75, 3.05) is 6.26 Å². The maximum Gasteiger partial charge on any atom is 0.334 e. The Morgan fingerprint density at radius 2 is 1.83 bits per heavy atom. The van der Waals surface area contributed by atoms with E-state index in [0.29, 0.717) is 11.3 Å². The van der Waals surface area contributed by atoms with Gasteiger partial charge in [0.1, 0.15) is 5.75 Å². The molecule has 1 atom stereocenters. The molecule has 0 bridgehead atoms. The van der Waals surface area contributed by atoms with Crippen LogP contribution in [-0.4, -0.2) is 20.6 Å². The van der Waals surface area contributed by atoms with E-state index in [-0.39, 0.29) is 5.41 Å². The van der Waals surface area contributed by atoms with Gasteiger partial charge in [0.25, 0.3) is 0 Å². The van der Waals surface area contributed by atoms with E-state index in [1.54, 1.807) is 12.1 Å². The molecule has 5 heteroatoms. The Morgan fingerprint density at radius 1 is 1.22 bits per heavy atom. The smallest absolute Gasteiger partial charge is 0.334 e. The molecule has 1 heterocycles. The largest absolute Gasteiger partial charge is 0.425 e. The van der Waals surface area contributed by atoms with Crippen molar-refractivity contribution in [3.8, 4) is 5.75 Å². The average molecular weight is 268 g/mol. The number of benzene rings is 1. The number of rotatable bonds is 1. The minimum Gasteiger partial charge on any atom is -0.425 e. The topological polar surface area (TPSA) is 60.4 Å². The molecular weight excluding hydrogens is 252 g/mol. The van der Waals surface area contributed by atoms with Crippen LogP contribution in [0.3, 0.4) is 0 Å². The SMILES string of the molecule is CC(C)(C)c1ccc2c(c1)C(S(C)(=O)=O)C(=O)O2. The van der Waals surface area contributed by atoms with Crippen LogP contribution in [0.2, 0.25) is 0 Å². The monoisotopic (exact) mass is 268 g/mol. The molecule has 2 rings (SSSR count). The predicted octanol–water partition coefficient (Wildman–Crippen LogP) is 1.99. The molecule has 1 unspecified atom stereocenters. The van der Waals surface area contributed by atoms with Crippen molar-refractivity contribution in [1.82, 2.24) is 0 Å². The third kappa shape index (κ3) is 2.14. The van der Waals surface area contributed by atoms with E-state index >= 15 is 0 Å². The zero-order chi connectivity index (χ0) is 13.7. The molecule has 0 N–H and O–H groups in total. The number of hydrogen-bond donors (Lipinski definition) is 0. The Kier molecular flexibility index (Phi) is 2.77. The lowest BCUT2D eigenvalue weighted by atomic mass is 9.86. The third-order valence-electron chi connectivity index (χ3n) is 3.01. The molecule has 0 aromatic heterocycles. The van der Waals surface area contributed by atoms with Crippen LogP contribution < -0.4 is 4.74 Å². The molecule has 98 valence electrons. The Labute approximate surface area is 107 Å². The van der Waals surface area contributed by atoms with Gasteiger partial charge in [-0.25, -0.2) is 13.2 Å². The summed E-state index contributed by atoms with van der Waals surface area (Å²) < 4.78 is 28.3. The molecular formula is C13H16O4S. The third-order valence-corrected chi connectivity index (χ3v) is 4.31. The molecule has 1 aliphatic rings. The first-order chi connectivity index (χ1) is 8.10. The van der Waals surface area contributed by atoms with Gasteiger partial charge < -0.3 is 4.74 Å². The summed E-state index contributed by atoms with van der Waals surface area (Å²) in [5.74, 6) is -0.359. The van der Waals surface area contributed by atoms with Crippen LogP contribution in [0, 0.1) is 0 Å². The first-order valence-corrected chi connectivity index (χ1v) is 7.61. The lowest BCUT2D eigenvalue weighted by Crippen LogP contribution is -2.19. The van der Waals surface area contributed by atoms with Gasteiger partial charge in [0.05, 0.1) is 0 Å². The number of carbonyl (C=O) groups excluding carboxylic acids is 1. The summed E-state index contributed by atoms with van der Waals surface area (Å²) in [6.07, 6.45) is 1.05. The van der Waals surface area contributed by atoms with E-state index in [1.807, 2.05) is 26.8 Å². The van der Waals surface area contributed by atoms with Gasteiger partial charge in [-0.05, 0) is 23.1 Å². The first kappa shape index (κ1) is 13.1.